The minimum atomic E-state index is -0.242. The molecule has 0 aliphatic heterocycles. The summed E-state index contributed by atoms with van der Waals surface area (Å²) in [4.78, 5) is 36.4. The van der Waals surface area contributed by atoms with E-state index in [-0.39, 0.29) is 18.4 Å². The third-order valence-corrected chi connectivity index (χ3v) is 5.59. The highest BCUT2D eigenvalue weighted by Crippen LogP contribution is 2.26. The van der Waals surface area contributed by atoms with Gasteiger partial charge in [-0.2, -0.15) is 0 Å². The summed E-state index contributed by atoms with van der Waals surface area (Å²) in [7, 11) is 1.64. The molecule has 2 aromatic carbocycles. The van der Waals surface area contributed by atoms with Crippen LogP contribution in [-0.2, 0) is 4.79 Å². The molecule has 0 unspecified atom stereocenters. The third-order valence-electron chi connectivity index (χ3n) is 5.59. The average Bonchev–Trinajstić information content (AvgIpc) is 2.80. The molecule has 0 atom stereocenters. The number of nitrogens with one attached hydrogen (secondary N) is 1. The summed E-state index contributed by atoms with van der Waals surface area (Å²) in [5, 5.41) is 3.71. The van der Waals surface area contributed by atoms with E-state index in [2.05, 4.69) is 10.3 Å². The minimum absolute atomic E-state index is 0.0627. The maximum atomic E-state index is 13.4. The highest BCUT2D eigenvalue weighted by molar-refractivity contribution is 6.08. The Kier molecular flexibility index (Phi) is 6.18. The molecule has 0 bridgehead atoms. The van der Waals surface area contributed by atoms with Crippen LogP contribution in [0.1, 0.15) is 27.0 Å². The molecule has 0 fully saturated rings. The summed E-state index contributed by atoms with van der Waals surface area (Å²) < 4.78 is 0. The molecular formula is C27H26N4O2. The second-order valence-electron chi connectivity index (χ2n) is 8.29. The lowest BCUT2D eigenvalue weighted by atomic mass is 10.0. The molecule has 2 aromatic heterocycles. The third kappa shape index (κ3) is 4.75. The van der Waals surface area contributed by atoms with Crippen molar-refractivity contribution in [1.82, 2.24) is 14.9 Å². The highest BCUT2D eigenvalue weighted by Gasteiger charge is 2.20. The van der Waals surface area contributed by atoms with Gasteiger partial charge in [0.2, 0.25) is 5.91 Å². The van der Waals surface area contributed by atoms with Crippen molar-refractivity contribution in [2.45, 2.75) is 20.8 Å². The fraction of sp³-hybridized carbons (Fsp3) is 0.185. The first kappa shape index (κ1) is 22.1. The van der Waals surface area contributed by atoms with E-state index in [9.17, 15) is 9.59 Å². The number of rotatable bonds is 5. The van der Waals surface area contributed by atoms with E-state index < -0.39 is 0 Å². The molecule has 166 valence electrons. The van der Waals surface area contributed by atoms with E-state index >= 15 is 0 Å². The van der Waals surface area contributed by atoms with Crippen LogP contribution < -0.4 is 5.32 Å². The molecule has 0 aliphatic carbocycles. The number of nitrogens with zero attached hydrogens (tertiary/aromatic N) is 3. The van der Waals surface area contributed by atoms with Crippen molar-refractivity contribution >= 4 is 28.4 Å². The van der Waals surface area contributed by atoms with Gasteiger partial charge < -0.3 is 10.2 Å². The molecule has 0 spiro atoms. The molecule has 2 amide bonds. The lowest BCUT2D eigenvalue weighted by molar-refractivity contribution is -0.116. The van der Waals surface area contributed by atoms with Gasteiger partial charge in [-0.25, -0.2) is 4.98 Å². The summed E-state index contributed by atoms with van der Waals surface area (Å²) in [5.41, 5.74) is 6.71. The average molecular weight is 439 g/mol. The molecule has 0 saturated carbocycles. The van der Waals surface area contributed by atoms with Gasteiger partial charge in [-0.15, -0.1) is 0 Å². The number of aromatic nitrogens is 2. The van der Waals surface area contributed by atoms with Gasteiger partial charge in [-0.1, -0.05) is 35.9 Å². The number of para-hydroxylation sites is 1. The van der Waals surface area contributed by atoms with Crippen LogP contribution in [0.4, 0.5) is 5.69 Å². The minimum Gasteiger partial charge on any atom is -0.332 e. The zero-order chi connectivity index (χ0) is 23.5. The Morgan fingerprint density at radius 2 is 1.61 bits per heavy atom. The number of hydrogen-bond acceptors (Lipinski definition) is 4. The Bertz CT molecular complexity index is 1330. The van der Waals surface area contributed by atoms with Crippen molar-refractivity contribution < 1.29 is 9.59 Å². The monoisotopic (exact) mass is 438 g/mol. The van der Waals surface area contributed by atoms with Gasteiger partial charge in [-0.05, 0) is 56.2 Å². The Morgan fingerprint density at radius 3 is 2.30 bits per heavy atom. The molecule has 1 N–H and O–H groups in total. The van der Waals surface area contributed by atoms with Crippen LogP contribution >= 0.6 is 0 Å². The first-order valence-electron chi connectivity index (χ1n) is 10.8. The van der Waals surface area contributed by atoms with Gasteiger partial charge in [0.15, 0.2) is 0 Å². The van der Waals surface area contributed by atoms with Crippen LogP contribution in [0.2, 0.25) is 0 Å². The predicted octanol–water partition coefficient (Wildman–Crippen LogP) is 4.93. The SMILES string of the molecule is Cc1cc(C)c(NC(=O)CN(C)C(=O)c2cc(-c3ccncc3)nc3ccccc23)c(C)c1. The number of hydrogen-bond donors (Lipinski definition) is 1. The van der Waals surface area contributed by atoms with E-state index in [0.717, 1.165) is 38.8 Å². The summed E-state index contributed by atoms with van der Waals surface area (Å²) in [6.45, 7) is 5.90. The molecule has 4 aromatic rings. The Hall–Kier alpha value is -4.06. The summed E-state index contributed by atoms with van der Waals surface area (Å²) >= 11 is 0. The Morgan fingerprint density at radius 1 is 0.939 bits per heavy atom. The van der Waals surface area contributed by atoms with Gasteiger partial charge in [-0.3, -0.25) is 14.6 Å². The molecule has 2 heterocycles. The molecule has 6 heteroatoms. The fourth-order valence-electron chi connectivity index (χ4n) is 4.07. The largest absolute Gasteiger partial charge is 0.332 e. The number of anilines is 1. The smallest absolute Gasteiger partial charge is 0.254 e. The first-order valence-corrected chi connectivity index (χ1v) is 10.8. The van der Waals surface area contributed by atoms with Crippen LogP contribution in [0.3, 0.4) is 0 Å². The second kappa shape index (κ2) is 9.20. The van der Waals surface area contributed by atoms with Crippen LogP contribution in [0.15, 0.2) is 67.0 Å². The zero-order valence-corrected chi connectivity index (χ0v) is 19.2. The van der Waals surface area contributed by atoms with Gasteiger partial charge in [0.25, 0.3) is 5.91 Å². The number of carbonyl (C=O) groups excluding carboxylic acids is 2. The normalized spacial score (nSPS) is 10.8. The molecule has 4 rings (SSSR count). The molecule has 6 nitrogen and oxygen atoms in total. The van der Waals surface area contributed by atoms with Crippen molar-refractivity contribution in [3.8, 4) is 11.3 Å². The standard InChI is InChI=1S/C27H26N4O2/c1-17-13-18(2)26(19(3)14-17)30-25(32)16-31(4)27(33)22-15-24(20-9-11-28-12-10-20)29-23-8-6-5-7-21(22)23/h5-15H,16H2,1-4H3,(H,30,32). The summed E-state index contributed by atoms with van der Waals surface area (Å²) in [5.74, 6) is -0.481. The van der Waals surface area contributed by atoms with Crippen LogP contribution in [-0.4, -0.2) is 40.3 Å². The van der Waals surface area contributed by atoms with Crippen LogP contribution in [0.25, 0.3) is 22.2 Å². The van der Waals surface area contributed by atoms with E-state index in [0.29, 0.717) is 11.3 Å². The van der Waals surface area contributed by atoms with Crippen molar-refractivity contribution in [3.05, 3.63) is 89.2 Å². The van der Waals surface area contributed by atoms with Crippen molar-refractivity contribution in [3.63, 3.8) is 0 Å². The maximum Gasteiger partial charge on any atom is 0.254 e. The van der Waals surface area contributed by atoms with E-state index in [4.69, 9.17) is 4.98 Å². The Balaban J connectivity index is 1.61. The fourth-order valence-corrected chi connectivity index (χ4v) is 4.07. The van der Waals surface area contributed by atoms with Crippen LogP contribution in [0, 0.1) is 20.8 Å². The molecule has 0 saturated heterocycles. The molecular weight excluding hydrogens is 412 g/mol. The first-order chi connectivity index (χ1) is 15.8. The molecule has 33 heavy (non-hydrogen) atoms. The summed E-state index contributed by atoms with van der Waals surface area (Å²) in [6, 6.07) is 17.1. The van der Waals surface area contributed by atoms with Crippen molar-refractivity contribution in [2.75, 3.05) is 18.9 Å². The quantitative estimate of drug-likeness (QED) is 0.479. The lowest BCUT2D eigenvalue weighted by Gasteiger charge is -2.20. The molecule has 0 radical (unpaired) electrons. The van der Waals surface area contributed by atoms with Gasteiger partial charge in [0.05, 0.1) is 23.3 Å². The Labute approximate surface area is 193 Å². The van der Waals surface area contributed by atoms with Gasteiger partial charge in [0.1, 0.15) is 0 Å². The van der Waals surface area contributed by atoms with Gasteiger partial charge >= 0.3 is 0 Å². The number of likely N-dealkylation sites (N-methyl/N-ethyl adjacent to an activating group) is 1. The number of aryl methyl sites for hydroxylation is 3. The van der Waals surface area contributed by atoms with Gasteiger partial charge in [0, 0.05) is 36.1 Å². The van der Waals surface area contributed by atoms with Crippen molar-refractivity contribution in [1.29, 1.82) is 0 Å². The molecule has 0 aliphatic rings. The number of fused-ring (bicyclic) bond motifs is 1. The number of carbonyl (C=O) groups is 2. The lowest BCUT2D eigenvalue weighted by Crippen LogP contribution is -2.35. The predicted molar refractivity (Wildman–Crippen MR) is 131 cm³/mol. The summed E-state index contributed by atoms with van der Waals surface area (Å²) in [6.07, 6.45) is 3.39. The number of pyridine rings is 2. The zero-order valence-electron chi connectivity index (χ0n) is 19.2. The second-order valence-corrected chi connectivity index (χ2v) is 8.29. The van der Waals surface area contributed by atoms with E-state index in [1.807, 2.05) is 69.3 Å². The maximum absolute atomic E-state index is 13.4. The number of benzene rings is 2. The topological polar surface area (TPSA) is 75.2 Å². The van der Waals surface area contributed by atoms with E-state index in [1.165, 1.54) is 4.90 Å². The van der Waals surface area contributed by atoms with Crippen molar-refractivity contribution in [2.24, 2.45) is 0 Å². The van der Waals surface area contributed by atoms with Crippen LogP contribution in [0.5, 0.6) is 0 Å². The van der Waals surface area contributed by atoms with E-state index in [1.54, 1.807) is 25.5 Å². The highest BCUT2D eigenvalue weighted by atomic mass is 16.2. The number of amides is 2.